The zero-order valence-corrected chi connectivity index (χ0v) is 36.4. The molecule has 1 nitrogen and oxygen atoms in total. The highest BCUT2D eigenvalue weighted by Gasteiger charge is 2.42. The molecule has 1 unspecified atom stereocenters. The van der Waals surface area contributed by atoms with Gasteiger partial charge >= 0.3 is 0 Å². The van der Waals surface area contributed by atoms with Gasteiger partial charge in [0.05, 0.1) is 5.52 Å². The average Bonchev–Trinajstić information content (AvgIpc) is 3.69. The maximum Gasteiger partial charge on any atom is 0.179 e. The van der Waals surface area contributed by atoms with E-state index >= 15 is 0 Å². The second kappa shape index (κ2) is 16.4. The fraction of sp³-hybridized carbons (Fsp3) is 0.0492. The fourth-order valence-corrected chi connectivity index (χ4v) is 14.7. The van der Waals surface area contributed by atoms with Crippen molar-refractivity contribution in [3.63, 3.8) is 0 Å². The maximum absolute atomic E-state index is 2.95. The number of hydrogen-bond acceptors (Lipinski definition) is 0. The molecule has 300 valence electrons. The van der Waals surface area contributed by atoms with Gasteiger partial charge in [-0.25, -0.2) is 0 Å². The zero-order chi connectivity index (χ0) is 42.2. The largest absolute Gasteiger partial charge is 0.313 e. The van der Waals surface area contributed by atoms with Crippen LogP contribution < -0.4 is 20.7 Å². The summed E-state index contributed by atoms with van der Waals surface area (Å²) in [6.07, 6.45) is 5.71. The summed E-state index contributed by atoms with van der Waals surface area (Å²) in [5, 5.41) is 6.72. The van der Waals surface area contributed by atoms with Crippen molar-refractivity contribution in [3.8, 4) is 50.2 Å². The Morgan fingerprint density at radius 3 is 1.30 bits per heavy atom. The minimum atomic E-state index is -2.95. The van der Waals surface area contributed by atoms with Crippen LogP contribution in [0.4, 0.5) is 0 Å². The van der Waals surface area contributed by atoms with Crippen molar-refractivity contribution in [1.29, 1.82) is 0 Å². The molecule has 0 amide bonds. The van der Waals surface area contributed by atoms with Gasteiger partial charge in [-0.1, -0.05) is 237 Å². The van der Waals surface area contributed by atoms with Crippen molar-refractivity contribution in [2.24, 2.45) is 5.92 Å². The van der Waals surface area contributed by atoms with Crippen molar-refractivity contribution in [3.05, 3.63) is 254 Å². The van der Waals surface area contributed by atoms with Crippen LogP contribution in [0.2, 0.25) is 0 Å². The first-order valence-electron chi connectivity index (χ1n) is 22.1. The van der Waals surface area contributed by atoms with Crippen molar-refractivity contribution < 1.29 is 0 Å². The molecule has 0 bridgehead atoms. The summed E-state index contributed by atoms with van der Waals surface area (Å²) in [5.74, 6) is 0.505. The highest BCUT2D eigenvalue weighted by Crippen LogP contribution is 2.36. The Bertz CT molecular complexity index is 3000. The Morgan fingerprint density at radius 1 is 0.381 bits per heavy atom. The molecule has 10 aromatic rings. The molecule has 1 heterocycles. The number of para-hydroxylation sites is 1. The van der Waals surface area contributed by atoms with Gasteiger partial charge in [0, 0.05) is 22.3 Å². The highest BCUT2D eigenvalue weighted by atomic mass is 28.3. The number of allylic oxidation sites excluding steroid dienone is 1. The predicted molar refractivity (Wildman–Crippen MR) is 271 cm³/mol. The summed E-state index contributed by atoms with van der Waals surface area (Å²) in [6.45, 7) is 2.31. The molecule has 0 aliphatic heterocycles. The molecule has 0 N–H and O–H groups in total. The molecule has 0 spiro atoms. The van der Waals surface area contributed by atoms with E-state index in [1.807, 2.05) is 0 Å². The Kier molecular flexibility index (Phi) is 9.99. The van der Waals surface area contributed by atoms with Crippen molar-refractivity contribution >= 4 is 45.8 Å². The minimum Gasteiger partial charge on any atom is -0.313 e. The van der Waals surface area contributed by atoms with Crippen LogP contribution >= 0.6 is 0 Å². The number of fused-ring (bicyclic) bond motifs is 3. The first-order chi connectivity index (χ1) is 31.1. The third-order valence-electron chi connectivity index (χ3n) is 13.2. The summed E-state index contributed by atoms with van der Waals surface area (Å²) < 4.78 is 2.49. The standard InChI is InChI=1S/C61H47NSi/c1-44-24-41-59-58-22-11-12-23-60(58)62(61(59)42-44)53-33-25-51(26-34-53)52-20-13-21-57(43-52)63(54-35-27-48(28-36-54)45-14-5-2-6-15-45,55-37-29-49(30-38-55)46-16-7-3-8-17-46)56-39-31-50(32-40-56)47-18-9-4-10-19-47/h2-41,43-44H,42H2,1H3. The van der Waals surface area contributed by atoms with E-state index in [-0.39, 0.29) is 0 Å². The first kappa shape index (κ1) is 38.4. The van der Waals surface area contributed by atoms with Gasteiger partial charge in [0.25, 0.3) is 0 Å². The van der Waals surface area contributed by atoms with Gasteiger partial charge in [-0.2, -0.15) is 0 Å². The van der Waals surface area contributed by atoms with Crippen LogP contribution in [0.1, 0.15) is 18.2 Å². The van der Waals surface area contributed by atoms with E-state index in [9.17, 15) is 0 Å². The van der Waals surface area contributed by atoms with E-state index in [1.165, 1.54) is 93.1 Å². The van der Waals surface area contributed by atoms with Crippen LogP contribution in [0, 0.1) is 5.92 Å². The van der Waals surface area contributed by atoms with Crippen LogP contribution in [0.25, 0.3) is 67.2 Å². The molecule has 1 aromatic heterocycles. The third kappa shape index (κ3) is 6.99. The maximum atomic E-state index is 2.49. The number of hydrogen-bond donors (Lipinski definition) is 0. The summed E-state index contributed by atoms with van der Waals surface area (Å²) in [6, 6.07) is 88.1. The smallest absolute Gasteiger partial charge is 0.179 e. The van der Waals surface area contributed by atoms with Crippen LogP contribution in [0.3, 0.4) is 0 Å². The zero-order valence-electron chi connectivity index (χ0n) is 35.4. The highest BCUT2D eigenvalue weighted by molar-refractivity contribution is 7.20. The Morgan fingerprint density at radius 2 is 0.794 bits per heavy atom. The van der Waals surface area contributed by atoms with E-state index in [0.29, 0.717) is 5.92 Å². The molecule has 1 aliphatic rings. The molecule has 0 fully saturated rings. The summed E-state index contributed by atoms with van der Waals surface area (Å²) in [7, 11) is -2.95. The quantitative estimate of drug-likeness (QED) is 0.101. The predicted octanol–water partition coefficient (Wildman–Crippen LogP) is 12.9. The topological polar surface area (TPSA) is 4.93 Å². The lowest BCUT2D eigenvalue weighted by molar-refractivity contribution is 0.690. The van der Waals surface area contributed by atoms with E-state index in [1.54, 1.807) is 0 Å². The van der Waals surface area contributed by atoms with E-state index in [2.05, 4.69) is 260 Å². The van der Waals surface area contributed by atoms with Gasteiger partial charge in [0.2, 0.25) is 0 Å². The lowest BCUT2D eigenvalue weighted by atomic mass is 9.95. The van der Waals surface area contributed by atoms with Crippen LogP contribution in [-0.4, -0.2) is 12.6 Å². The molecule has 0 radical (unpaired) electrons. The van der Waals surface area contributed by atoms with Gasteiger partial charge in [-0.3, -0.25) is 0 Å². The van der Waals surface area contributed by atoms with E-state index in [0.717, 1.165) is 6.42 Å². The Hall–Kier alpha value is -7.52. The summed E-state index contributed by atoms with van der Waals surface area (Å²) in [4.78, 5) is 0. The number of benzene rings is 9. The lowest BCUT2D eigenvalue weighted by Gasteiger charge is -2.35. The van der Waals surface area contributed by atoms with E-state index < -0.39 is 8.07 Å². The van der Waals surface area contributed by atoms with Crippen molar-refractivity contribution in [2.45, 2.75) is 13.3 Å². The molecule has 1 atom stereocenters. The first-order valence-corrected chi connectivity index (χ1v) is 24.1. The molecule has 0 saturated carbocycles. The van der Waals surface area contributed by atoms with Crippen LogP contribution in [-0.2, 0) is 6.42 Å². The third-order valence-corrected chi connectivity index (χ3v) is 17.9. The summed E-state index contributed by atoms with van der Waals surface area (Å²) >= 11 is 0. The minimum absolute atomic E-state index is 0.505. The number of nitrogens with zero attached hydrogens (tertiary/aromatic N) is 1. The van der Waals surface area contributed by atoms with Crippen molar-refractivity contribution in [1.82, 2.24) is 4.57 Å². The van der Waals surface area contributed by atoms with Crippen LogP contribution in [0.15, 0.2) is 243 Å². The molecule has 9 aromatic carbocycles. The Labute approximate surface area is 371 Å². The average molecular weight is 822 g/mol. The molecule has 63 heavy (non-hydrogen) atoms. The van der Waals surface area contributed by atoms with E-state index in [4.69, 9.17) is 0 Å². The number of rotatable bonds is 9. The molecular weight excluding hydrogens is 775 g/mol. The normalized spacial score (nSPS) is 13.5. The van der Waals surface area contributed by atoms with Gasteiger partial charge in [-0.05, 0) is 95.8 Å². The summed E-state index contributed by atoms with van der Waals surface area (Å²) in [5.41, 5.74) is 15.0. The monoisotopic (exact) mass is 821 g/mol. The molecular formula is C61H47NSi. The lowest BCUT2D eigenvalue weighted by Crippen LogP contribution is -2.74. The SMILES string of the molecule is CC1C=Cc2c(n(-c3ccc(-c4cccc([Si](c5ccc(-c6ccccc6)cc5)(c5ccc(-c6ccccc6)cc5)c5ccc(-c6ccccc6)cc5)c4)cc3)c3ccccc23)C1. The Balaban J connectivity index is 1.08. The molecule has 0 saturated heterocycles. The van der Waals surface area contributed by atoms with Gasteiger partial charge in [0.1, 0.15) is 0 Å². The molecule has 11 rings (SSSR count). The second-order valence-electron chi connectivity index (χ2n) is 17.0. The molecule has 1 aliphatic carbocycles. The van der Waals surface area contributed by atoms with Gasteiger partial charge < -0.3 is 4.57 Å². The fourth-order valence-electron chi connectivity index (χ4n) is 10.00. The van der Waals surface area contributed by atoms with Crippen LogP contribution in [0.5, 0.6) is 0 Å². The molecule has 2 heteroatoms. The second-order valence-corrected chi connectivity index (χ2v) is 20.8. The number of aromatic nitrogens is 1. The van der Waals surface area contributed by atoms with Crippen molar-refractivity contribution in [2.75, 3.05) is 0 Å². The van der Waals surface area contributed by atoms with Gasteiger partial charge in [0.15, 0.2) is 8.07 Å². The van der Waals surface area contributed by atoms with Gasteiger partial charge in [-0.15, -0.1) is 0 Å².